The fourth-order valence-corrected chi connectivity index (χ4v) is 0.442. The zero-order valence-corrected chi connectivity index (χ0v) is 16.2. The van der Waals surface area contributed by atoms with E-state index in [1.54, 1.807) is 0 Å². The Morgan fingerprint density at radius 2 is 1.16 bits per heavy atom. The normalized spacial score (nSPS) is 14.1. The first-order valence-electron chi connectivity index (χ1n) is 3.73. The molecule has 1 saturated heterocycles. The standard InChI is InChI=1S/C3H8N2.CH4N2O.2Na.2H2O3S/c1-2-5-3-4-1;2-1(3)4;;;2*1-4(2)3/h4-5H,1-3H2;(H4,2,3,4);;;2*(H2,1,2,3)/q;;2*+1;;/p-2. The summed E-state index contributed by atoms with van der Waals surface area (Å²) in [6.45, 7) is 3.28. The van der Waals surface area contributed by atoms with Gasteiger partial charge in [-0.25, -0.2) is 13.2 Å². The summed E-state index contributed by atoms with van der Waals surface area (Å²) >= 11 is -5.72. The van der Waals surface area contributed by atoms with Crippen LogP contribution in [0.2, 0.25) is 0 Å². The molecule has 0 radical (unpaired) electrons. The van der Waals surface area contributed by atoms with Gasteiger partial charge in [0.05, 0.1) is 22.7 Å². The number of carbonyl (C=O) groups excluding carboxylic acids is 1. The van der Waals surface area contributed by atoms with Crippen LogP contribution in [0, 0.1) is 0 Å². The second-order valence-electron chi connectivity index (χ2n) is 2.01. The van der Waals surface area contributed by atoms with Crippen LogP contribution in [-0.4, -0.2) is 52.4 Å². The molecule has 2 atom stereocenters. The van der Waals surface area contributed by atoms with Crippen molar-refractivity contribution in [3.63, 3.8) is 0 Å². The molecule has 2 amide bonds. The predicted molar refractivity (Wildman–Crippen MR) is 57.7 cm³/mol. The molecule has 19 heavy (non-hydrogen) atoms. The molecule has 2 unspecified atom stereocenters. The van der Waals surface area contributed by atoms with Gasteiger partial charge in [-0.15, -0.1) is 0 Å². The smallest absolute Gasteiger partial charge is 0.750 e. The molecule has 1 aliphatic heterocycles. The fourth-order valence-electron chi connectivity index (χ4n) is 0.442. The number of urea groups is 1. The van der Waals surface area contributed by atoms with Crippen molar-refractivity contribution in [3.05, 3.63) is 0 Å². The zero-order chi connectivity index (χ0) is 14.3. The Kier molecular flexibility index (Phi) is 47.0. The maximum Gasteiger partial charge on any atom is 1.00 e. The molecule has 0 aliphatic carbocycles. The van der Waals surface area contributed by atoms with E-state index < -0.39 is 28.8 Å². The fraction of sp³-hybridized carbons (Fsp3) is 0.750. The third-order valence-electron chi connectivity index (χ3n) is 0.729. The number of nitrogens with two attached hydrogens (primary N) is 2. The van der Waals surface area contributed by atoms with Gasteiger partial charge < -0.3 is 40.3 Å². The third-order valence-corrected chi connectivity index (χ3v) is 0.729. The minimum absolute atomic E-state index is 0. The summed E-state index contributed by atoms with van der Waals surface area (Å²) in [4.78, 5) is 9.00. The molecule has 0 aromatic carbocycles. The van der Waals surface area contributed by atoms with Gasteiger partial charge in [0.2, 0.25) is 0 Å². The molecule has 1 aliphatic rings. The van der Waals surface area contributed by atoms with Gasteiger partial charge >= 0.3 is 65.1 Å². The van der Waals surface area contributed by atoms with Gasteiger partial charge in [-0.1, -0.05) is 0 Å². The van der Waals surface area contributed by atoms with Crippen LogP contribution in [0.5, 0.6) is 0 Å². The Morgan fingerprint density at radius 3 is 1.21 bits per heavy atom. The van der Waals surface area contributed by atoms with E-state index in [0.29, 0.717) is 0 Å². The van der Waals surface area contributed by atoms with E-state index in [1.807, 2.05) is 0 Å². The average molecular weight is 340 g/mol. The van der Waals surface area contributed by atoms with Gasteiger partial charge in [0.15, 0.2) is 0 Å². The van der Waals surface area contributed by atoms with Crippen molar-refractivity contribution < 1.29 is 90.5 Å². The zero-order valence-electron chi connectivity index (χ0n) is 10.5. The van der Waals surface area contributed by atoms with E-state index in [2.05, 4.69) is 22.1 Å². The molecule has 106 valence electrons. The van der Waals surface area contributed by atoms with E-state index >= 15 is 0 Å². The largest absolute Gasteiger partial charge is 1.00 e. The van der Waals surface area contributed by atoms with E-state index in [1.165, 1.54) is 0 Å². The summed E-state index contributed by atoms with van der Waals surface area (Å²) in [5.41, 5.74) is 8.50. The van der Waals surface area contributed by atoms with Crippen molar-refractivity contribution in [1.82, 2.24) is 10.6 Å². The number of amides is 2. The number of primary amides is 2. The van der Waals surface area contributed by atoms with Crippen LogP contribution in [0.1, 0.15) is 0 Å². The third kappa shape index (κ3) is 145. The second kappa shape index (κ2) is 27.6. The molecule has 0 saturated carbocycles. The van der Waals surface area contributed by atoms with Gasteiger partial charge in [-0.3, -0.25) is 0 Å². The summed E-state index contributed by atoms with van der Waals surface area (Å²) in [7, 11) is 0. The molecule has 1 fully saturated rings. The van der Waals surface area contributed by atoms with Crippen molar-refractivity contribution in [2.24, 2.45) is 11.5 Å². The molecule has 0 spiro atoms. The number of carbonyl (C=O) groups is 1. The number of hydrogen-bond donors (Lipinski definition) is 6. The van der Waals surface area contributed by atoms with Gasteiger partial charge in [0, 0.05) is 19.8 Å². The maximum atomic E-state index is 9.00. The van der Waals surface area contributed by atoms with E-state index in [9.17, 15) is 0 Å². The Morgan fingerprint density at radius 1 is 1.00 bits per heavy atom. The first kappa shape index (κ1) is 32.3. The molecule has 11 nitrogen and oxygen atoms in total. The van der Waals surface area contributed by atoms with Crippen LogP contribution in [-0.2, 0) is 22.7 Å². The van der Waals surface area contributed by atoms with Crippen molar-refractivity contribution in [1.29, 1.82) is 0 Å². The van der Waals surface area contributed by atoms with Crippen LogP contribution >= 0.6 is 0 Å². The Labute approximate surface area is 159 Å². The molecule has 1 heterocycles. The van der Waals surface area contributed by atoms with Crippen molar-refractivity contribution in [2.75, 3.05) is 19.8 Å². The van der Waals surface area contributed by atoms with E-state index in [4.69, 9.17) is 31.4 Å². The molecule has 0 aromatic rings. The minimum atomic E-state index is -2.86. The topological polar surface area (TPSA) is 214 Å². The summed E-state index contributed by atoms with van der Waals surface area (Å²) in [6, 6.07) is -0.833. The maximum absolute atomic E-state index is 9.00. The van der Waals surface area contributed by atoms with Crippen LogP contribution < -0.4 is 81.2 Å². The molecule has 1 rings (SSSR count). The second-order valence-corrected chi connectivity index (χ2v) is 2.88. The Bertz CT molecular complexity index is 185. The quantitative estimate of drug-likeness (QED) is 0.182. The summed E-state index contributed by atoms with van der Waals surface area (Å²) < 4.78 is 48.2. The molecule has 8 N–H and O–H groups in total. The first-order valence-corrected chi connectivity index (χ1v) is 5.79. The van der Waals surface area contributed by atoms with E-state index in [-0.39, 0.29) is 59.1 Å². The summed E-state index contributed by atoms with van der Waals surface area (Å²) in [6.07, 6.45) is 0. The van der Waals surface area contributed by atoms with Gasteiger partial charge in [0.1, 0.15) is 0 Å². The number of hydrogen-bond acceptors (Lipinski definition) is 7. The Balaban J connectivity index is -0.0000000447. The van der Waals surface area contributed by atoms with Crippen LogP contribution in [0.4, 0.5) is 4.79 Å². The molecule has 0 bridgehead atoms. The van der Waals surface area contributed by atoms with Gasteiger partial charge in [-0.05, 0) is 0 Å². The summed E-state index contributed by atoms with van der Waals surface area (Å²) in [5, 5.41) is 6.22. The van der Waals surface area contributed by atoms with Gasteiger partial charge in [-0.2, -0.15) is 0 Å². The van der Waals surface area contributed by atoms with Crippen molar-refractivity contribution >= 4 is 28.8 Å². The van der Waals surface area contributed by atoms with Crippen molar-refractivity contribution in [3.8, 4) is 0 Å². The van der Waals surface area contributed by atoms with Crippen LogP contribution in [0.3, 0.4) is 0 Å². The van der Waals surface area contributed by atoms with Gasteiger partial charge in [0.25, 0.3) is 0 Å². The number of rotatable bonds is 0. The molecular weight excluding hydrogens is 326 g/mol. The molecule has 0 aromatic heterocycles. The molecular formula is C4H14N4Na2O7S2. The SMILES string of the molecule is C1CNCN1.NC(N)=O.O=S([O-])O.O=S([O-])O.[Na+].[Na+]. The minimum Gasteiger partial charge on any atom is -0.750 e. The Hall–Kier alpha value is 1.33. The average Bonchev–Trinajstić information content (AvgIpc) is 2.53. The van der Waals surface area contributed by atoms with Crippen LogP contribution in [0.15, 0.2) is 0 Å². The predicted octanol–water partition coefficient (Wildman–Crippen LogP) is -9.15. The first-order chi connectivity index (χ1) is 7.70. The van der Waals surface area contributed by atoms with Crippen LogP contribution in [0.25, 0.3) is 0 Å². The van der Waals surface area contributed by atoms with E-state index in [0.717, 1.165) is 19.8 Å². The summed E-state index contributed by atoms with van der Waals surface area (Å²) in [5.74, 6) is 0. The number of nitrogens with one attached hydrogen (secondary N) is 2. The molecule has 15 heteroatoms. The van der Waals surface area contributed by atoms with Crippen molar-refractivity contribution in [2.45, 2.75) is 0 Å². The monoisotopic (exact) mass is 340 g/mol.